The van der Waals surface area contributed by atoms with Gasteiger partial charge in [0.1, 0.15) is 6.10 Å². The van der Waals surface area contributed by atoms with Gasteiger partial charge in [0.25, 0.3) is 0 Å². The first-order valence-corrected chi connectivity index (χ1v) is 4.35. The third kappa shape index (κ3) is 5.95. The molecule has 0 fully saturated rings. The van der Waals surface area contributed by atoms with E-state index in [4.69, 9.17) is 20.4 Å². The molecule has 3 unspecified atom stereocenters. The van der Waals surface area contributed by atoms with E-state index in [0.29, 0.717) is 6.42 Å². The van der Waals surface area contributed by atoms with Gasteiger partial charge in [-0.15, -0.1) is 0 Å². The number of aliphatic hydroxyl groups is 5. The van der Waals surface area contributed by atoms with Crippen LogP contribution in [0, 0.1) is 0 Å². The van der Waals surface area contributed by atoms with Crippen LogP contribution >= 0.6 is 0 Å². The Bertz CT molecular complexity index is 126. The summed E-state index contributed by atoms with van der Waals surface area (Å²) < 4.78 is 0. The largest absolute Gasteiger partial charge is 0.391 e. The van der Waals surface area contributed by atoms with Gasteiger partial charge >= 0.3 is 0 Å². The lowest BCUT2D eigenvalue weighted by atomic mass is 10.0. The molecule has 0 aliphatic rings. The number of hydrogen-bond acceptors (Lipinski definition) is 5. The molecule has 0 saturated carbocycles. The highest BCUT2D eigenvalue weighted by atomic mass is 16.5. The first-order chi connectivity index (χ1) is 5.95. The lowest BCUT2D eigenvalue weighted by Gasteiger charge is -2.20. The highest BCUT2D eigenvalue weighted by molar-refractivity contribution is 4.71. The molecule has 13 heavy (non-hydrogen) atoms. The second kappa shape index (κ2) is 6.28. The molecule has 0 heterocycles. The molecular formula is C8H18O5. The van der Waals surface area contributed by atoms with Gasteiger partial charge in [0.05, 0.1) is 12.2 Å². The molecule has 0 rings (SSSR count). The lowest BCUT2D eigenvalue weighted by Crippen LogP contribution is -2.35. The van der Waals surface area contributed by atoms with Crippen molar-refractivity contribution in [3.8, 4) is 0 Å². The predicted molar refractivity (Wildman–Crippen MR) is 45.8 cm³/mol. The minimum Gasteiger partial charge on any atom is -0.391 e. The zero-order valence-electron chi connectivity index (χ0n) is 7.67. The molecule has 5 heteroatoms. The molecule has 3 atom stereocenters. The fraction of sp³-hybridized carbons (Fsp3) is 1.00. The third-order valence-corrected chi connectivity index (χ3v) is 1.85. The summed E-state index contributed by atoms with van der Waals surface area (Å²) in [6, 6.07) is 0. The van der Waals surface area contributed by atoms with Crippen LogP contribution in [-0.2, 0) is 0 Å². The summed E-state index contributed by atoms with van der Waals surface area (Å²) in [6.07, 6.45) is -3.75. The third-order valence-electron chi connectivity index (χ3n) is 1.85. The highest BCUT2D eigenvalue weighted by Gasteiger charge is 2.20. The SMILES string of the molecule is CC(O)C(O)C(O)CCCC(O)O. The Hall–Kier alpha value is -0.200. The molecular weight excluding hydrogens is 176 g/mol. The summed E-state index contributed by atoms with van der Waals surface area (Å²) in [4.78, 5) is 0. The molecule has 0 saturated heterocycles. The molecule has 0 radical (unpaired) electrons. The monoisotopic (exact) mass is 194 g/mol. The van der Waals surface area contributed by atoms with E-state index in [2.05, 4.69) is 0 Å². The molecule has 5 N–H and O–H groups in total. The van der Waals surface area contributed by atoms with Crippen LogP contribution in [0.3, 0.4) is 0 Å². The van der Waals surface area contributed by atoms with Crippen molar-refractivity contribution in [3.05, 3.63) is 0 Å². The average molecular weight is 194 g/mol. The smallest absolute Gasteiger partial charge is 0.151 e. The zero-order chi connectivity index (χ0) is 10.4. The molecule has 80 valence electrons. The van der Waals surface area contributed by atoms with Crippen LogP contribution in [0.25, 0.3) is 0 Å². The Balaban J connectivity index is 3.55. The van der Waals surface area contributed by atoms with Gasteiger partial charge in [-0.2, -0.15) is 0 Å². The number of rotatable bonds is 6. The Kier molecular flexibility index (Phi) is 6.19. The van der Waals surface area contributed by atoms with Gasteiger partial charge in [0, 0.05) is 0 Å². The molecule has 0 bridgehead atoms. The average Bonchev–Trinajstić information content (AvgIpc) is 2.02. The van der Waals surface area contributed by atoms with Gasteiger partial charge in [-0.25, -0.2) is 0 Å². The van der Waals surface area contributed by atoms with Crippen molar-refractivity contribution in [1.82, 2.24) is 0 Å². The van der Waals surface area contributed by atoms with E-state index in [1.165, 1.54) is 6.92 Å². The molecule has 0 aromatic carbocycles. The molecule has 0 aliphatic carbocycles. The zero-order valence-corrected chi connectivity index (χ0v) is 7.67. The van der Waals surface area contributed by atoms with Crippen molar-refractivity contribution in [1.29, 1.82) is 0 Å². The minimum atomic E-state index is -1.38. The Morgan fingerprint density at radius 3 is 1.85 bits per heavy atom. The first kappa shape index (κ1) is 12.8. The van der Waals surface area contributed by atoms with E-state index in [1.54, 1.807) is 0 Å². The van der Waals surface area contributed by atoms with Crippen molar-refractivity contribution in [2.45, 2.75) is 50.8 Å². The summed E-state index contributed by atoms with van der Waals surface area (Å²) in [5.74, 6) is 0. The fourth-order valence-corrected chi connectivity index (χ4v) is 1.00. The summed E-state index contributed by atoms with van der Waals surface area (Å²) in [5, 5.41) is 44.2. The van der Waals surface area contributed by atoms with Crippen LogP contribution in [0.5, 0.6) is 0 Å². The fourth-order valence-electron chi connectivity index (χ4n) is 1.00. The lowest BCUT2D eigenvalue weighted by molar-refractivity contribution is -0.0660. The quantitative estimate of drug-likeness (QED) is 0.334. The topological polar surface area (TPSA) is 101 Å². The van der Waals surface area contributed by atoms with E-state index >= 15 is 0 Å². The molecule has 0 amide bonds. The minimum absolute atomic E-state index is 0.156. The van der Waals surface area contributed by atoms with Gasteiger partial charge in [0.15, 0.2) is 6.29 Å². The van der Waals surface area contributed by atoms with Crippen molar-refractivity contribution in [2.24, 2.45) is 0 Å². The molecule has 0 aromatic heterocycles. The molecule has 0 aromatic rings. The van der Waals surface area contributed by atoms with Crippen molar-refractivity contribution < 1.29 is 25.5 Å². The van der Waals surface area contributed by atoms with E-state index in [9.17, 15) is 5.11 Å². The summed E-state index contributed by atoms with van der Waals surface area (Å²) in [7, 11) is 0. The maximum absolute atomic E-state index is 9.23. The van der Waals surface area contributed by atoms with Crippen molar-refractivity contribution in [2.75, 3.05) is 0 Å². The van der Waals surface area contributed by atoms with E-state index in [1.807, 2.05) is 0 Å². The van der Waals surface area contributed by atoms with Crippen LogP contribution < -0.4 is 0 Å². The number of hydrogen-bond donors (Lipinski definition) is 5. The van der Waals surface area contributed by atoms with Gasteiger partial charge in [-0.3, -0.25) is 0 Å². The Morgan fingerprint density at radius 1 is 0.923 bits per heavy atom. The second-order valence-corrected chi connectivity index (χ2v) is 3.21. The molecule has 0 spiro atoms. The van der Waals surface area contributed by atoms with Crippen molar-refractivity contribution >= 4 is 0 Å². The van der Waals surface area contributed by atoms with E-state index in [0.717, 1.165) is 0 Å². The summed E-state index contributed by atoms with van der Waals surface area (Å²) in [5.41, 5.74) is 0. The van der Waals surface area contributed by atoms with Gasteiger partial charge in [0.2, 0.25) is 0 Å². The Labute approximate surface area is 77.3 Å². The van der Waals surface area contributed by atoms with Crippen molar-refractivity contribution in [3.63, 3.8) is 0 Å². The summed E-state index contributed by atoms with van der Waals surface area (Å²) in [6.45, 7) is 1.38. The van der Waals surface area contributed by atoms with Gasteiger partial charge < -0.3 is 25.5 Å². The molecule has 0 aliphatic heterocycles. The van der Waals surface area contributed by atoms with Gasteiger partial charge in [-0.1, -0.05) is 0 Å². The van der Waals surface area contributed by atoms with E-state index < -0.39 is 24.6 Å². The number of aliphatic hydroxyl groups excluding tert-OH is 4. The van der Waals surface area contributed by atoms with Crippen LogP contribution in [0.2, 0.25) is 0 Å². The normalized spacial score (nSPS) is 18.7. The standard InChI is InChI=1S/C8H18O5/c1-5(9)8(13)6(10)3-2-4-7(11)12/h5-13H,2-4H2,1H3. The first-order valence-electron chi connectivity index (χ1n) is 4.35. The second-order valence-electron chi connectivity index (χ2n) is 3.21. The van der Waals surface area contributed by atoms with Gasteiger partial charge in [-0.05, 0) is 26.2 Å². The van der Waals surface area contributed by atoms with Crippen LogP contribution in [-0.4, -0.2) is 50.1 Å². The van der Waals surface area contributed by atoms with Crippen LogP contribution in [0.15, 0.2) is 0 Å². The maximum Gasteiger partial charge on any atom is 0.151 e. The Morgan fingerprint density at radius 2 is 1.46 bits per heavy atom. The molecule has 5 nitrogen and oxygen atoms in total. The maximum atomic E-state index is 9.23. The predicted octanol–water partition coefficient (Wildman–Crippen LogP) is -1.43. The van der Waals surface area contributed by atoms with Crippen LogP contribution in [0.4, 0.5) is 0 Å². The van der Waals surface area contributed by atoms with Crippen LogP contribution in [0.1, 0.15) is 26.2 Å². The van der Waals surface area contributed by atoms with E-state index in [-0.39, 0.29) is 12.8 Å². The highest BCUT2D eigenvalue weighted by Crippen LogP contribution is 2.08. The summed E-state index contributed by atoms with van der Waals surface area (Å²) >= 11 is 0.